The highest BCUT2D eigenvalue weighted by Crippen LogP contribution is 2.18. The number of rotatable bonds is 6. The van der Waals surface area contributed by atoms with Crippen molar-refractivity contribution >= 4 is 17.7 Å². The SMILES string of the molecule is CCOC(=O)c1nc(SCCC=C(F)F)[nH]c1C. The molecule has 0 atom stereocenters. The van der Waals surface area contributed by atoms with Crippen molar-refractivity contribution < 1.29 is 18.3 Å². The molecule has 0 radical (unpaired) electrons. The van der Waals surface area contributed by atoms with Crippen LogP contribution in [0.15, 0.2) is 17.3 Å². The van der Waals surface area contributed by atoms with Crippen molar-refractivity contribution in [3.8, 4) is 0 Å². The van der Waals surface area contributed by atoms with Gasteiger partial charge in [-0.3, -0.25) is 0 Å². The van der Waals surface area contributed by atoms with Crippen LogP contribution in [0.5, 0.6) is 0 Å². The minimum Gasteiger partial charge on any atom is -0.461 e. The van der Waals surface area contributed by atoms with Gasteiger partial charge in [0.05, 0.1) is 6.61 Å². The zero-order valence-corrected chi connectivity index (χ0v) is 10.9. The van der Waals surface area contributed by atoms with E-state index in [-0.39, 0.29) is 18.7 Å². The number of H-pyrrole nitrogens is 1. The number of ether oxygens (including phenoxy) is 1. The Morgan fingerprint density at radius 1 is 1.56 bits per heavy atom. The van der Waals surface area contributed by atoms with Crippen LogP contribution >= 0.6 is 11.8 Å². The Hall–Kier alpha value is -1.37. The Bertz CT molecular complexity index is 442. The minimum absolute atomic E-state index is 0.242. The van der Waals surface area contributed by atoms with Crippen LogP contribution in [0.2, 0.25) is 0 Å². The number of imidazole rings is 1. The number of hydrogen-bond acceptors (Lipinski definition) is 4. The number of hydrogen-bond donors (Lipinski definition) is 1. The van der Waals surface area contributed by atoms with Gasteiger partial charge in [-0.2, -0.15) is 8.78 Å². The van der Waals surface area contributed by atoms with Gasteiger partial charge in [-0.05, 0) is 26.3 Å². The van der Waals surface area contributed by atoms with E-state index in [1.54, 1.807) is 13.8 Å². The molecule has 0 saturated carbocycles. The molecule has 0 aliphatic heterocycles. The van der Waals surface area contributed by atoms with Gasteiger partial charge >= 0.3 is 5.97 Å². The molecule has 100 valence electrons. The van der Waals surface area contributed by atoms with Crippen LogP contribution in [0.1, 0.15) is 29.5 Å². The number of aromatic amines is 1. The van der Waals surface area contributed by atoms with E-state index in [0.717, 1.165) is 6.08 Å². The number of nitrogens with one attached hydrogen (secondary N) is 1. The fourth-order valence-corrected chi connectivity index (χ4v) is 2.03. The number of allylic oxidation sites excluding steroid dienone is 1. The first-order valence-electron chi connectivity index (χ1n) is 5.42. The lowest BCUT2D eigenvalue weighted by Gasteiger charge is -1.97. The third-order valence-electron chi connectivity index (χ3n) is 1.99. The maximum absolute atomic E-state index is 11.8. The highest BCUT2D eigenvalue weighted by atomic mass is 32.2. The molecule has 1 aromatic heterocycles. The molecule has 0 aliphatic rings. The second-order valence-electron chi connectivity index (χ2n) is 3.37. The first-order chi connectivity index (χ1) is 8.54. The van der Waals surface area contributed by atoms with Crippen molar-refractivity contribution in [3.63, 3.8) is 0 Å². The second-order valence-corrected chi connectivity index (χ2v) is 4.45. The number of carbonyl (C=O) groups excluding carboxylic acids is 1. The van der Waals surface area contributed by atoms with Crippen LogP contribution in [0, 0.1) is 6.92 Å². The van der Waals surface area contributed by atoms with E-state index >= 15 is 0 Å². The summed E-state index contributed by atoms with van der Waals surface area (Å²) in [4.78, 5) is 18.5. The molecular formula is C11H14F2N2O2S. The van der Waals surface area contributed by atoms with E-state index in [2.05, 4.69) is 9.97 Å². The van der Waals surface area contributed by atoms with E-state index < -0.39 is 12.0 Å². The number of esters is 1. The van der Waals surface area contributed by atoms with Crippen molar-refractivity contribution in [2.75, 3.05) is 12.4 Å². The van der Waals surface area contributed by atoms with Gasteiger partial charge in [0.2, 0.25) is 0 Å². The molecule has 0 saturated heterocycles. The van der Waals surface area contributed by atoms with E-state index in [9.17, 15) is 13.6 Å². The molecule has 0 spiro atoms. The van der Waals surface area contributed by atoms with Gasteiger partial charge in [0, 0.05) is 11.4 Å². The molecular weight excluding hydrogens is 262 g/mol. The largest absolute Gasteiger partial charge is 0.461 e. The van der Waals surface area contributed by atoms with Crippen LogP contribution in [0.3, 0.4) is 0 Å². The number of nitrogens with zero attached hydrogens (tertiary/aromatic N) is 1. The van der Waals surface area contributed by atoms with Crippen LogP contribution < -0.4 is 0 Å². The highest BCUT2D eigenvalue weighted by molar-refractivity contribution is 7.99. The molecule has 0 amide bonds. The van der Waals surface area contributed by atoms with Gasteiger partial charge in [0.25, 0.3) is 6.08 Å². The van der Waals surface area contributed by atoms with Crippen molar-refractivity contribution in [1.82, 2.24) is 9.97 Å². The lowest BCUT2D eigenvalue weighted by molar-refractivity contribution is 0.0519. The average molecular weight is 276 g/mol. The van der Waals surface area contributed by atoms with Crippen LogP contribution in [0.4, 0.5) is 8.78 Å². The van der Waals surface area contributed by atoms with Crippen molar-refractivity contribution in [2.24, 2.45) is 0 Å². The lowest BCUT2D eigenvalue weighted by Crippen LogP contribution is -2.06. The van der Waals surface area contributed by atoms with E-state index in [1.807, 2.05) is 0 Å². The molecule has 1 heterocycles. The Kier molecular flexibility index (Phi) is 5.84. The van der Waals surface area contributed by atoms with Gasteiger partial charge < -0.3 is 9.72 Å². The minimum atomic E-state index is -1.68. The summed E-state index contributed by atoms with van der Waals surface area (Å²) in [5.41, 5.74) is 0.856. The number of aryl methyl sites for hydroxylation is 1. The molecule has 0 unspecified atom stereocenters. The normalized spacial score (nSPS) is 10.2. The number of thioether (sulfide) groups is 1. The van der Waals surface area contributed by atoms with Crippen molar-refractivity contribution in [1.29, 1.82) is 0 Å². The van der Waals surface area contributed by atoms with Crippen LogP contribution in [-0.4, -0.2) is 28.3 Å². The van der Waals surface area contributed by atoms with Gasteiger partial charge in [-0.15, -0.1) is 0 Å². The van der Waals surface area contributed by atoms with E-state index in [4.69, 9.17) is 4.74 Å². The predicted octanol–water partition coefficient (Wildman–Crippen LogP) is 3.16. The molecule has 0 aromatic carbocycles. The molecule has 1 rings (SSSR count). The Balaban J connectivity index is 2.56. The van der Waals surface area contributed by atoms with Gasteiger partial charge in [0.1, 0.15) is 0 Å². The summed E-state index contributed by atoms with van der Waals surface area (Å²) >= 11 is 1.28. The lowest BCUT2D eigenvalue weighted by atomic mass is 10.3. The topological polar surface area (TPSA) is 55.0 Å². The molecule has 7 heteroatoms. The maximum Gasteiger partial charge on any atom is 0.358 e. The zero-order valence-electron chi connectivity index (χ0n) is 10.1. The summed E-state index contributed by atoms with van der Waals surface area (Å²) in [7, 11) is 0. The van der Waals surface area contributed by atoms with Crippen LogP contribution in [-0.2, 0) is 4.74 Å². The molecule has 4 nitrogen and oxygen atoms in total. The Morgan fingerprint density at radius 3 is 2.89 bits per heavy atom. The quantitative estimate of drug-likeness (QED) is 0.492. The summed E-state index contributed by atoms with van der Waals surface area (Å²) < 4.78 is 28.4. The monoisotopic (exact) mass is 276 g/mol. The standard InChI is InChI=1S/C11H14F2N2O2S/c1-3-17-10(16)9-7(2)14-11(15-9)18-6-4-5-8(12)13/h5H,3-4,6H2,1-2H3,(H,14,15). The summed E-state index contributed by atoms with van der Waals surface area (Å²) in [5.74, 6) is -0.0141. The van der Waals surface area contributed by atoms with E-state index in [0.29, 0.717) is 16.6 Å². The number of aromatic nitrogens is 2. The summed E-state index contributed by atoms with van der Waals surface area (Å²) in [6.07, 6.45) is -0.574. The first-order valence-corrected chi connectivity index (χ1v) is 6.40. The molecule has 1 N–H and O–H groups in total. The first kappa shape index (κ1) is 14.7. The smallest absolute Gasteiger partial charge is 0.358 e. The third-order valence-corrected chi connectivity index (χ3v) is 2.89. The van der Waals surface area contributed by atoms with Crippen molar-refractivity contribution in [3.05, 3.63) is 23.5 Å². The summed E-state index contributed by atoms with van der Waals surface area (Å²) in [6, 6.07) is 0. The summed E-state index contributed by atoms with van der Waals surface area (Å²) in [6.45, 7) is 3.71. The molecule has 0 bridgehead atoms. The van der Waals surface area contributed by atoms with Crippen molar-refractivity contribution in [2.45, 2.75) is 25.4 Å². The number of carbonyl (C=O) groups is 1. The van der Waals surface area contributed by atoms with Gasteiger partial charge in [-0.25, -0.2) is 9.78 Å². The summed E-state index contributed by atoms with van der Waals surface area (Å²) in [5, 5.41) is 0.531. The Labute approximate surface area is 108 Å². The average Bonchev–Trinajstić information content (AvgIpc) is 2.66. The van der Waals surface area contributed by atoms with E-state index in [1.165, 1.54) is 11.8 Å². The molecule has 0 fully saturated rings. The Morgan fingerprint density at radius 2 is 2.28 bits per heavy atom. The van der Waals surface area contributed by atoms with Gasteiger partial charge in [-0.1, -0.05) is 11.8 Å². The fraction of sp³-hybridized carbons (Fsp3) is 0.455. The highest BCUT2D eigenvalue weighted by Gasteiger charge is 2.15. The van der Waals surface area contributed by atoms with Gasteiger partial charge in [0.15, 0.2) is 10.9 Å². The molecule has 1 aromatic rings. The number of halogens is 2. The fourth-order valence-electron chi connectivity index (χ4n) is 1.22. The molecule has 0 aliphatic carbocycles. The zero-order chi connectivity index (χ0) is 13.5. The third kappa shape index (κ3) is 4.48. The van der Waals surface area contributed by atoms with Crippen LogP contribution in [0.25, 0.3) is 0 Å². The maximum atomic E-state index is 11.8. The second kappa shape index (κ2) is 7.15. The molecule has 18 heavy (non-hydrogen) atoms. The predicted molar refractivity (Wildman–Crippen MR) is 64.9 cm³/mol.